The minimum absolute atomic E-state index is 0.00159. The summed E-state index contributed by atoms with van der Waals surface area (Å²) in [6, 6.07) is 23.5. The molecule has 2 amide bonds. The number of carbonyl (C=O) groups excluding carboxylic acids is 2. The molecule has 0 unspecified atom stereocenters. The first-order valence-corrected chi connectivity index (χ1v) is 12.4. The first kappa shape index (κ1) is 23.1. The molecular formula is C28H27N3O3S. The number of carbonyl (C=O) groups is 2. The number of para-hydroxylation sites is 2. The molecule has 0 spiro atoms. The molecule has 7 heteroatoms. The molecule has 0 atom stereocenters. The van der Waals surface area contributed by atoms with Crippen molar-refractivity contribution in [2.45, 2.75) is 4.90 Å². The molecule has 1 saturated heterocycles. The fourth-order valence-electron chi connectivity index (χ4n) is 4.44. The minimum Gasteiger partial charge on any atom is -0.496 e. The second kappa shape index (κ2) is 9.88. The summed E-state index contributed by atoms with van der Waals surface area (Å²) in [5, 5.41) is 0. The summed E-state index contributed by atoms with van der Waals surface area (Å²) < 4.78 is 5.43. The van der Waals surface area contributed by atoms with Crippen molar-refractivity contribution in [1.29, 1.82) is 0 Å². The molecule has 0 bridgehead atoms. The SMILES string of the molecule is COc1ccccc1/C=C1\Sc2ccc(C(=O)N3CCN(c4ccccc4)CC3)cc2N(C)C1=O. The maximum Gasteiger partial charge on any atom is 0.264 e. The summed E-state index contributed by atoms with van der Waals surface area (Å²) in [5.74, 6) is 0.617. The maximum atomic E-state index is 13.3. The Balaban J connectivity index is 1.33. The molecule has 6 nitrogen and oxygen atoms in total. The zero-order chi connectivity index (χ0) is 24.4. The third-order valence-corrected chi connectivity index (χ3v) is 7.49. The summed E-state index contributed by atoms with van der Waals surface area (Å²) >= 11 is 1.42. The summed E-state index contributed by atoms with van der Waals surface area (Å²) in [6.07, 6.45) is 1.86. The molecule has 2 aliphatic heterocycles. The topological polar surface area (TPSA) is 53.1 Å². The third-order valence-electron chi connectivity index (χ3n) is 6.42. The lowest BCUT2D eigenvalue weighted by atomic mass is 10.1. The summed E-state index contributed by atoms with van der Waals surface area (Å²) in [5.41, 5.74) is 3.40. The van der Waals surface area contributed by atoms with Crippen LogP contribution in [0.4, 0.5) is 11.4 Å². The number of benzene rings is 3. The van der Waals surface area contributed by atoms with Gasteiger partial charge in [-0.25, -0.2) is 0 Å². The Kier molecular flexibility index (Phi) is 6.51. The predicted octanol–water partition coefficient (Wildman–Crippen LogP) is 4.77. The van der Waals surface area contributed by atoms with Gasteiger partial charge in [0.25, 0.3) is 11.8 Å². The van der Waals surface area contributed by atoms with Crippen LogP contribution < -0.4 is 14.5 Å². The zero-order valence-corrected chi connectivity index (χ0v) is 20.6. The van der Waals surface area contributed by atoms with Crippen molar-refractivity contribution in [2.75, 3.05) is 50.1 Å². The number of hydrogen-bond acceptors (Lipinski definition) is 5. The van der Waals surface area contributed by atoms with Gasteiger partial charge in [0.05, 0.1) is 17.7 Å². The molecule has 178 valence electrons. The van der Waals surface area contributed by atoms with Crippen LogP contribution in [0.2, 0.25) is 0 Å². The molecular weight excluding hydrogens is 458 g/mol. The van der Waals surface area contributed by atoms with Crippen molar-refractivity contribution in [3.63, 3.8) is 0 Å². The maximum absolute atomic E-state index is 13.3. The molecule has 3 aromatic rings. The highest BCUT2D eigenvalue weighted by Gasteiger charge is 2.29. The number of amides is 2. The van der Waals surface area contributed by atoms with E-state index in [4.69, 9.17) is 4.74 Å². The van der Waals surface area contributed by atoms with Gasteiger partial charge in [-0.05, 0) is 42.5 Å². The standard InChI is InChI=1S/C28H27N3O3S/c1-29-23-18-21(27(32)31-16-14-30(15-17-31)22-9-4-3-5-10-22)12-13-25(23)35-26(28(29)33)19-20-8-6-7-11-24(20)34-2/h3-13,18-19H,14-17H2,1-2H3/b26-19-. The molecule has 1 fully saturated rings. The van der Waals surface area contributed by atoms with Crippen LogP contribution in [0.1, 0.15) is 15.9 Å². The van der Waals surface area contributed by atoms with E-state index in [0.29, 0.717) is 23.6 Å². The van der Waals surface area contributed by atoms with Gasteiger partial charge in [0.1, 0.15) is 5.75 Å². The lowest BCUT2D eigenvalue weighted by molar-refractivity contribution is -0.114. The highest BCUT2D eigenvalue weighted by molar-refractivity contribution is 8.04. The van der Waals surface area contributed by atoms with Crippen molar-refractivity contribution in [2.24, 2.45) is 0 Å². The number of piperazine rings is 1. The molecule has 2 aliphatic rings. The van der Waals surface area contributed by atoms with E-state index >= 15 is 0 Å². The van der Waals surface area contributed by atoms with Crippen LogP contribution in [-0.4, -0.2) is 57.1 Å². The normalized spacial score (nSPS) is 16.9. The summed E-state index contributed by atoms with van der Waals surface area (Å²) in [7, 11) is 3.37. The third kappa shape index (κ3) is 4.64. The number of nitrogens with zero attached hydrogens (tertiary/aromatic N) is 3. The number of methoxy groups -OCH3 is 1. The van der Waals surface area contributed by atoms with E-state index in [1.165, 1.54) is 17.4 Å². The van der Waals surface area contributed by atoms with E-state index in [1.807, 2.05) is 71.6 Å². The molecule has 35 heavy (non-hydrogen) atoms. The molecule has 0 aromatic heterocycles. The number of rotatable bonds is 4. The summed E-state index contributed by atoms with van der Waals surface area (Å²) in [4.78, 5) is 33.8. The molecule has 0 radical (unpaired) electrons. The van der Waals surface area contributed by atoms with E-state index in [0.717, 1.165) is 35.0 Å². The van der Waals surface area contributed by atoms with Gasteiger partial charge in [-0.3, -0.25) is 9.59 Å². The molecule has 3 aromatic carbocycles. The fraction of sp³-hybridized carbons (Fsp3) is 0.214. The first-order chi connectivity index (χ1) is 17.0. The molecule has 5 rings (SSSR count). The van der Waals surface area contributed by atoms with Crippen LogP contribution in [0, 0.1) is 0 Å². The molecule has 0 saturated carbocycles. The minimum atomic E-state index is -0.102. The Morgan fingerprint density at radius 3 is 2.40 bits per heavy atom. The fourth-order valence-corrected chi connectivity index (χ4v) is 5.53. The number of hydrogen-bond donors (Lipinski definition) is 0. The second-order valence-corrected chi connectivity index (χ2v) is 9.60. The van der Waals surface area contributed by atoms with E-state index in [2.05, 4.69) is 17.0 Å². The van der Waals surface area contributed by atoms with Crippen LogP contribution in [0.15, 0.2) is 82.6 Å². The van der Waals surface area contributed by atoms with Gasteiger partial charge in [-0.1, -0.05) is 48.2 Å². The number of fused-ring (bicyclic) bond motifs is 1. The van der Waals surface area contributed by atoms with E-state index in [9.17, 15) is 9.59 Å². The number of likely N-dealkylation sites (N-methyl/N-ethyl adjacent to an activating group) is 1. The summed E-state index contributed by atoms with van der Waals surface area (Å²) in [6.45, 7) is 2.93. The Bertz CT molecular complexity index is 1280. The average Bonchev–Trinajstić information content (AvgIpc) is 2.92. The van der Waals surface area contributed by atoms with E-state index in [1.54, 1.807) is 19.1 Å². The number of ether oxygens (including phenoxy) is 1. The van der Waals surface area contributed by atoms with Crippen LogP contribution >= 0.6 is 11.8 Å². The van der Waals surface area contributed by atoms with Gasteiger partial charge >= 0.3 is 0 Å². The monoisotopic (exact) mass is 485 g/mol. The van der Waals surface area contributed by atoms with Crippen molar-refractivity contribution in [3.05, 3.63) is 88.8 Å². The van der Waals surface area contributed by atoms with Crippen LogP contribution in [-0.2, 0) is 4.79 Å². The molecule has 0 aliphatic carbocycles. The van der Waals surface area contributed by atoms with Crippen molar-refractivity contribution in [1.82, 2.24) is 4.90 Å². The van der Waals surface area contributed by atoms with Crippen LogP contribution in [0.3, 0.4) is 0 Å². The van der Waals surface area contributed by atoms with Crippen molar-refractivity contribution < 1.29 is 14.3 Å². The Hall–Kier alpha value is -3.71. The average molecular weight is 486 g/mol. The lowest BCUT2D eigenvalue weighted by Gasteiger charge is -2.36. The van der Waals surface area contributed by atoms with Gasteiger partial charge in [0.15, 0.2) is 0 Å². The predicted molar refractivity (Wildman–Crippen MR) is 141 cm³/mol. The largest absolute Gasteiger partial charge is 0.496 e. The van der Waals surface area contributed by atoms with Crippen LogP contribution in [0.5, 0.6) is 5.75 Å². The van der Waals surface area contributed by atoms with Crippen molar-refractivity contribution in [3.8, 4) is 5.75 Å². The smallest absolute Gasteiger partial charge is 0.264 e. The van der Waals surface area contributed by atoms with Gasteiger partial charge in [0, 0.05) is 54.9 Å². The number of thioether (sulfide) groups is 1. The van der Waals surface area contributed by atoms with Gasteiger partial charge in [0.2, 0.25) is 0 Å². The highest BCUT2D eigenvalue weighted by Crippen LogP contribution is 2.42. The first-order valence-electron chi connectivity index (χ1n) is 11.6. The quantitative estimate of drug-likeness (QED) is 0.499. The van der Waals surface area contributed by atoms with E-state index < -0.39 is 0 Å². The van der Waals surface area contributed by atoms with Crippen molar-refractivity contribution >= 4 is 41.0 Å². The molecule has 0 N–H and O–H groups in total. The van der Waals surface area contributed by atoms with E-state index in [-0.39, 0.29) is 11.8 Å². The zero-order valence-electron chi connectivity index (χ0n) is 19.8. The van der Waals surface area contributed by atoms with Gasteiger partial charge in [-0.15, -0.1) is 0 Å². The van der Waals surface area contributed by atoms with Crippen LogP contribution in [0.25, 0.3) is 6.08 Å². The lowest BCUT2D eigenvalue weighted by Crippen LogP contribution is -2.48. The Morgan fingerprint density at radius 1 is 0.943 bits per heavy atom. The molecule has 2 heterocycles. The Labute approximate surface area is 209 Å². The number of anilines is 2. The van der Waals surface area contributed by atoms with Gasteiger partial charge < -0.3 is 19.4 Å². The second-order valence-electron chi connectivity index (χ2n) is 8.51. The van der Waals surface area contributed by atoms with Gasteiger partial charge in [-0.2, -0.15) is 0 Å². The Morgan fingerprint density at radius 2 is 1.66 bits per heavy atom. The highest BCUT2D eigenvalue weighted by atomic mass is 32.2.